The van der Waals surface area contributed by atoms with Crippen LogP contribution in [0.4, 0.5) is 0 Å². The van der Waals surface area contributed by atoms with Crippen molar-refractivity contribution in [2.75, 3.05) is 0 Å². The number of unbranched alkanes of at least 4 members (excludes halogenated alkanes) is 4. The summed E-state index contributed by atoms with van der Waals surface area (Å²) in [6, 6.07) is 0. The molecular weight excluding hydrogens is 268 g/mol. The maximum atomic E-state index is 11.2. The Bertz CT molecular complexity index is 293. The van der Waals surface area contributed by atoms with Crippen LogP contribution < -0.4 is 0 Å². The summed E-state index contributed by atoms with van der Waals surface area (Å²) in [6.07, 6.45) is 8.16. The normalized spacial score (nSPS) is 26.8. The van der Waals surface area contributed by atoms with Crippen molar-refractivity contribution in [2.24, 2.45) is 0 Å². The lowest BCUT2D eigenvalue weighted by atomic mass is 10.0. The Morgan fingerprint density at radius 1 is 1.24 bits per heavy atom. The van der Waals surface area contributed by atoms with Crippen LogP contribution in [0, 0.1) is 0 Å². The third kappa shape index (κ3) is 6.79. The van der Waals surface area contributed by atoms with Gasteiger partial charge in [0.25, 0.3) is 0 Å². The Morgan fingerprint density at radius 3 is 2.52 bits per heavy atom. The zero-order valence-electron chi connectivity index (χ0n) is 13.8. The zero-order chi connectivity index (χ0) is 15.7. The molecule has 1 fully saturated rings. The Hall–Kier alpha value is -0.610. The van der Waals surface area contributed by atoms with Crippen LogP contribution in [0.3, 0.4) is 0 Å². The van der Waals surface area contributed by atoms with Gasteiger partial charge in [-0.2, -0.15) is 0 Å². The predicted octanol–water partition coefficient (Wildman–Crippen LogP) is 3.60. The standard InChI is InChI=1S/C17H32O4/c1-4-6-8-10-14(19)16-12-17(20-13(3)18)15(21-16)11-9-7-5-2/h14-17,19H,4-12H2,1-3H3/t14-,15+,16-,17+/m0/s1. The number of rotatable bonds is 10. The van der Waals surface area contributed by atoms with Crippen LogP contribution in [0.25, 0.3) is 0 Å². The number of carbonyl (C=O) groups is 1. The quantitative estimate of drug-likeness (QED) is 0.495. The highest BCUT2D eigenvalue weighted by atomic mass is 16.6. The molecular formula is C17H32O4. The van der Waals surface area contributed by atoms with E-state index >= 15 is 0 Å². The molecule has 0 aromatic rings. The van der Waals surface area contributed by atoms with Gasteiger partial charge in [-0.3, -0.25) is 4.79 Å². The Kier molecular flexibility index (Phi) is 8.93. The van der Waals surface area contributed by atoms with E-state index in [-0.39, 0.29) is 24.3 Å². The number of aliphatic hydroxyl groups excluding tert-OH is 1. The van der Waals surface area contributed by atoms with E-state index < -0.39 is 6.10 Å². The average Bonchev–Trinajstić information content (AvgIpc) is 2.82. The van der Waals surface area contributed by atoms with Crippen molar-refractivity contribution in [3.05, 3.63) is 0 Å². The Labute approximate surface area is 129 Å². The minimum atomic E-state index is -0.439. The summed E-state index contributed by atoms with van der Waals surface area (Å²) < 4.78 is 11.4. The van der Waals surface area contributed by atoms with Crippen molar-refractivity contribution in [1.29, 1.82) is 0 Å². The number of aliphatic hydroxyl groups is 1. The molecule has 21 heavy (non-hydrogen) atoms. The molecule has 0 spiro atoms. The molecule has 1 aliphatic rings. The van der Waals surface area contributed by atoms with Crippen molar-refractivity contribution < 1.29 is 19.4 Å². The minimum Gasteiger partial charge on any atom is -0.460 e. The summed E-state index contributed by atoms with van der Waals surface area (Å²) in [7, 11) is 0. The third-order valence-corrected chi connectivity index (χ3v) is 4.17. The van der Waals surface area contributed by atoms with E-state index in [9.17, 15) is 9.90 Å². The molecule has 0 aromatic heterocycles. The largest absolute Gasteiger partial charge is 0.460 e. The lowest BCUT2D eigenvalue weighted by Crippen LogP contribution is -2.26. The van der Waals surface area contributed by atoms with Gasteiger partial charge in [-0.25, -0.2) is 0 Å². The van der Waals surface area contributed by atoms with Gasteiger partial charge in [0, 0.05) is 13.3 Å². The first-order valence-corrected chi connectivity index (χ1v) is 8.59. The summed E-state index contributed by atoms with van der Waals surface area (Å²) in [4.78, 5) is 11.2. The molecule has 1 rings (SSSR count). The fourth-order valence-electron chi connectivity index (χ4n) is 2.97. The van der Waals surface area contributed by atoms with Crippen LogP contribution in [-0.4, -0.2) is 35.5 Å². The predicted molar refractivity (Wildman–Crippen MR) is 83.1 cm³/mol. The topological polar surface area (TPSA) is 55.8 Å². The summed E-state index contributed by atoms with van der Waals surface area (Å²) in [5.74, 6) is -0.259. The van der Waals surface area contributed by atoms with Gasteiger partial charge in [0.1, 0.15) is 6.10 Å². The summed E-state index contributed by atoms with van der Waals surface area (Å²) in [5.41, 5.74) is 0. The van der Waals surface area contributed by atoms with Gasteiger partial charge in [-0.1, -0.05) is 52.4 Å². The van der Waals surface area contributed by atoms with Crippen LogP contribution in [0.15, 0.2) is 0 Å². The van der Waals surface area contributed by atoms with Gasteiger partial charge in [0.15, 0.2) is 0 Å². The first-order valence-electron chi connectivity index (χ1n) is 8.59. The second-order valence-corrected chi connectivity index (χ2v) is 6.16. The summed E-state index contributed by atoms with van der Waals surface area (Å²) in [6.45, 7) is 5.76. The van der Waals surface area contributed by atoms with Gasteiger partial charge < -0.3 is 14.6 Å². The molecule has 0 amide bonds. The number of hydrogen-bond donors (Lipinski definition) is 1. The molecule has 4 atom stereocenters. The van der Waals surface area contributed by atoms with E-state index in [1.165, 1.54) is 6.92 Å². The highest BCUT2D eigenvalue weighted by Gasteiger charge is 2.39. The SMILES string of the molecule is CCCCC[C@H](O)[C@@H]1C[C@@H](OC(C)=O)[C@@H](CCCCC)O1. The van der Waals surface area contributed by atoms with Gasteiger partial charge in [-0.15, -0.1) is 0 Å². The number of carbonyl (C=O) groups excluding carboxylic acids is 1. The molecule has 0 unspecified atom stereocenters. The van der Waals surface area contributed by atoms with E-state index in [4.69, 9.17) is 9.47 Å². The molecule has 0 aromatic carbocycles. The minimum absolute atomic E-state index is 0.0497. The summed E-state index contributed by atoms with van der Waals surface area (Å²) >= 11 is 0. The zero-order valence-corrected chi connectivity index (χ0v) is 13.8. The Balaban J connectivity index is 2.46. The van der Waals surface area contributed by atoms with Gasteiger partial charge in [0.2, 0.25) is 0 Å². The van der Waals surface area contributed by atoms with Crippen LogP contribution in [0.1, 0.15) is 78.6 Å². The maximum Gasteiger partial charge on any atom is 0.302 e. The second kappa shape index (κ2) is 10.2. The first-order chi connectivity index (χ1) is 10.1. The van der Waals surface area contributed by atoms with Gasteiger partial charge in [0.05, 0.1) is 18.3 Å². The van der Waals surface area contributed by atoms with Crippen LogP contribution >= 0.6 is 0 Å². The number of ether oxygens (including phenoxy) is 2. The molecule has 1 saturated heterocycles. The monoisotopic (exact) mass is 300 g/mol. The molecule has 0 radical (unpaired) electrons. The highest BCUT2D eigenvalue weighted by Crippen LogP contribution is 2.30. The highest BCUT2D eigenvalue weighted by molar-refractivity contribution is 5.66. The molecule has 1 heterocycles. The molecule has 1 aliphatic heterocycles. The lowest BCUT2D eigenvalue weighted by Gasteiger charge is -2.19. The second-order valence-electron chi connectivity index (χ2n) is 6.16. The van der Waals surface area contributed by atoms with Gasteiger partial charge >= 0.3 is 5.97 Å². The van der Waals surface area contributed by atoms with Crippen molar-refractivity contribution in [3.63, 3.8) is 0 Å². The molecule has 0 saturated carbocycles. The molecule has 4 nitrogen and oxygen atoms in total. The molecule has 124 valence electrons. The van der Waals surface area contributed by atoms with Crippen LogP contribution in [0.2, 0.25) is 0 Å². The average molecular weight is 300 g/mol. The molecule has 4 heteroatoms. The van der Waals surface area contributed by atoms with Crippen molar-refractivity contribution in [3.8, 4) is 0 Å². The van der Waals surface area contributed by atoms with E-state index in [0.717, 1.165) is 51.4 Å². The molecule has 0 bridgehead atoms. The first kappa shape index (κ1) is 18.4. The number of hydrogen-bond acceptors (Lipinski definition) is 4. The van der Waals surface area contributed by atoms with E-state index in [1.807, 2.05) is 0 Å². The summed E-state index contributed by atoms with van der Waals surface area (Å²) in [5, 5.41) is 10.3. The maximum absolute atomic E-state index is 11.2. The van der Waals surface area contributed by atoms with E-state index in [2.05, 4.69) is 13.8 Å². The smallest absolute Gasteiger partial charge is 0.302 e. The van der Waals surface area contributed by atoms with Crippen LogP contribution in [0.5, 0.6) is 0 Å². The molecule has 0 aliphatic carbocycles. The fourth-order valence-corrected chi connectivity index (χ4v) is 2.97. The lowest BCUT2D eigenvalue weighted by molar-refractivity contribution is -0.149. The van der Waals surface area contributed by atoms with Gasteiger partial charge in [-0.05, 0) is 12.8 Å². The van der Waals surface area contributed by atoms with E-state index in [1.54, 1.807) is 0 Å². The van der Waals surface area contributed by atoms with Crippen molar-refractivity contribution in [1.82, 2.24) is 0 Å². The van der Waals surface area contributed by atoms with Crippen molar-refractivity contribution >= 4 is 5.97 Å². The van der Waals surface area contributed by atoms with Crippen molar-refractivity contribution in [2.45, 2.75) is 103 Å². The van der Waals surface area contributed by atoms with E-state index in [0.29, 0.717) is 6.42 Å². The van der Waals surface area contributed by atoms with Crippen LogP contribution in [-0.2, 0) is 14.3 Å². The molecule has 1 N–H and O–H groups in total. The Morgan fingerprint density at radius 2 is 1.90 bits per heavy atom. The third-order valence-electron chi connectivity index (χ3n) is 4.17. The fraction of sp³-hybridized carbons (Fsp3) is 0.941. The number of esters is 1.